The Hall–Kier alpha value is 1.10. The summed E-state index contributed by atoms with van der Waals surface area (Å²) in [5.41, 5.74) is 0. The molecule has 0 bridgehead atoms. The summed E-state index contributed by atoms with van der Waals surface area (Å²) in [4.78, 5) is 34.3. The van der Waals surface area contributed by atoms with Gasteiger partial charge in [-0.05, 0) is 0 Å². The van der Waals surface area contributed by atoms with Gasteiger partial charge in [0.15, 0.2) is 0 Å². The summed E-state index contributed by atoms with van der Waals surface area (Å²) in [6, 6.07) is 0. The van der Waals surface area contributed by atoms with Crippen molar-refractivity contribution in [1.82, 2.24) is 0 Å². The minimum absolute atomic E-state index is 0. The average molecular weight is 211 g/mol. The fourth-order valence-electron chi connectivity index (χ4n) is 0. The molecule has 0 aromatic rings. The molecule has 0 fully saturated rings. The predicted molar refractivity (Wildman–Crippen MR) is 5.75 cm³/mol. The molecule has 0 aliphatic carbocycles. The molecule has 0 aliphatic rings. The summed E-state index contributed by atoms with van der Waals surface area (Å²) >= 11 is 0. The second-order valence-corrected chi connectivity index (χ2v) is 1.50. The minimum Gasteiger partial charge on any atom is -0.894 e. The SMILES string of the molecule is [Cu+2].[Fe+2].[O-][Si]([O-])([O-])[O-]. The first-order chi connectivity index (χ1) is 2.00. The van der Waals surface area contributed by atoms with Gasteiger partial charge in [0.25, 0.3) is 0 Å². The van der Waals surface area contributed by atoms with Gasteiger partial charge in [-0.2, -0.15) is 0 Å². The van der Waals surface area contributed by atoms with Gasteiger partial charge in [0.1, 0.15) is 0 Å². The van der Waals surface area contributed by atoms with Crippen LogP contribution in [0, 0.1) is 0 Å². The Morgan fingerprint density at radius 3 is 0.857 bits per heavy atom. The van der Waals surface area contributed by atoms with Crippen LogP contribution in [0.4, 0.5) is 0 Å². The van der Waals surface area contributed by atoms with Crippen LogP contribution in [-0.4, -0.2) is 9.05 Å². The van der Waals surface area contributed by atoms with Gasteiger partial charge < -0.3 is 28.2 Å². The van der Waals surface area contributed by atoms with E-state index in [1.54, 1.807) is 0 Å². The van der Waals surface area contributed by atoms with Gasteiger partial charge in [0.05, 0.1) is 0 Å². The van der Waals surface area contributed by atoms with E-state index < -0.39 is 9.05 Å². The van der Waals surface area contributed by atoms with E-state index in [0.717, 1.165) is 0 Å². The van der Waals surface area contributed by atoms with Crippen LogP contribution in [0.25, 0.3) is 0 Å². The molecule has 0 saturated carbocycles. The Morgan fingerprint density at radius 1 is 0.857 bits per heavy atom. The molecule has 0 aliphatic heterocycles. The normalized spacial score (nSPS) is 8.57. The molecule has 0 aromatic carbocycles. The molecule has 7 heteroatoms. The van der Waals surface area contributed by atoms with E-state index in [0.29, 0.717) is 0 Å². The first-order valence-electron chi connectivity index (χ1n) is 0.816. The monoisotopic (exact) mass is 211 g/mol. The van der Waals surface area contributed by atoms with Gasteiger partial charge in [-0.3, -0.25) is 0 Å². The molecule has 47 valence electrons. The van der Waals surface area contributed by atoms with Crippen molar-refractivity contribution in [2.75, 3.05) is 0 Å². The fourth-order valence-corrected chi connectivity index (χ4v) is 0. The van der Waals surface area contributed by atoms with Gasteiger partial charge in [-0.15, -0.1) is 0 Å². The Morgan fingerprint density at radius 2 is 0.857 bits per heavy atom. The van der Waals surface area contributed by atoms with Crippen molar-refractivity contribution in [2.45, 2.75) is 0 Å². The molecule has 0 saturated heterocycles. The van der Waals surface area contributed by atoms with Crippen molar-refractivity contribution >= 4 is 9.05 Å². The minimum atomic E-state index is -5.61. The molecule has 0 rings (SSSR count). The molecule has 4 nitrogen and oxygen atoms in total. The molecule has 0 N–H and O–H groups in total. The largest absolute Gasteiger partial charge is 2.00 e. The van der Waals surface area contributed by atoms with Crippen LogP contribution >= 0.6 is 0 Å². The Bertz CT molecular complexity index is 27.2. The zero-order valence-electron chi connectivity index (χ0n) is 2.79. The third-order valence-corrected chi connectivity index (χ3v) is 0. The van der Waals surface area contributed by atoms with E-state index in [2.05, 4.69) is 0 Å². The molecule has 1 radical (unpaired) electrons. The molecule has 0 aromatic heterocycles. The Kier molecular flexibility index (Phi) is 11.7. The van der Waals surface area contributed by atoms with Crippen LogP contribution in [0.3, 0.4) is 0 Å². The van der Waals surface area contributed by atoms with Crippen LogP contribution in [-0.2, 0) is 34.1 Å². The summed E-state index contributed by atoms with van der Waals surface area (Å²) in [6.45, 7) is 0. The predicted octanol–water partition coefficient (Wildman–Crippen LogP) is -5.14. The van der Waals surface area contributed by atoms with E-state index in [1.165, 1.54) is 0 Å². The molecule has 0 spiro atoms. The molecular formula is CuFeO4Si. The van der Waals surface area contributed by atoms with Crippen LogP contribution in [0.2, 0.25) is 0 Å². The number of hydrogen-bond acceptors (Lipinski definition) is 4. The smallest absolute Gasteiger partial charge is 0.894 e. The van der Waals surface area contributed by atoms with Gasteiger partial charge in [0, 0.05) is 0 Å². The van der Waals surface area contributed by atoms with Crippen LogP contribution in [0.15, 0.2) is 0 Å². The molecule has 0 amide bonds. The van der Waals surface area contributed by atoms with Crippen molar-refractivity contribution in [3.8, 4) is 0 Å². The Balaban J connectivity index is -0.0000000800. The van der Waals surface area contributed by atoms with Crippen molar-refractivity contribution in [3.63, 3.8) is 0 Å². The summed E-state index contributed by atoms with van der Waals surface area (Å²) in [5.74, 6) is 0. The first kappa shape index (κ1) is 15.7. The first-order valence-corrected chi connectivity index (χ1v) is 2.45. The zero-order chi connectivity index (χ0) is 4.50. The van der Waals surface area contributed by atoms with E-state index in [1.807, 2.05) is 0 Å². The second kappa shape index (κ2) is 5.24. The molecule has 0 heterocycles. The molecule has 7 heavy (non-hydrogen) atoms. The summed E-state index contributed by atoms with van der Waals surface area (Å²) in [6.07, 6.45) is 0. The van der Waals surface area contributed by atoms with E-state index in [9.17, 15) is 0 Å². The molecule has 0 unspecified atom stereocenters. The zero-order valence-corrected chi connectivity index (χ0v) is 5.83. The van der Waals surface area contributed by atoms with E-state index >= 15 is 0 Å². The fraction of sp³-hybridized carbons (Fsp3) is 0. The van der Waals surface area contributed by atoms with Crippen molar-refractivity contribution < 1.29 is 53.3 Å². The number of rotatable bonds is 0. The van der Waals surface area contributed by atoms with Gasteiger partial charge in [0.2, 0.25) is 0 Å². The average Bonchev–Trinajstić information content (AvgIpc) is 0.722. The molecule has 0 atom stereocenters. The van der Waals surface area contributed by atoms with Gasteiger partial charge >= 0.3 is 34.1 Å². The maximum atomic E-state index is 8.58. The van der Waals surface area contributed by atoms with Crippen LogP contribution < -0.4 is 19.2 Å². The topological polar surface area (TPSA) is 92.2 Å². The van der Waals surface area contributed by atoms with E-state index in [-0.39, 0.29) is 34.1 Å². The van der Waals surface area contributed by atoms with Crippen molar-refractivity contribution in [3.05, 3.63) is 0 Å². The van der Waals surface area contributed by atoms with Crippen LogP contribution in [0.5, 0.6) is 0 Å². The maximum absolute atomic E-state index is 8.58. The molecular weight excluding hydrogens is 211 g/mol. The summed E-state index contributed by atoms with van der Waals surface area (Å²) in [7, 11) is -5.61. The second-order valence-electron chi connectivity index (χ2n) is 0.500. The van der Waals surface area contributed by atoms with E-state index in [4.69, 9.17) is 19.2 Å². The summed E-state index contributed by atoms with van der Waals surface area (Å²) < 4.78 is 0. The van der Waals surface area contributed by atoms with Gasteiger partial charge in [-0.25, -0.2) is 0 Å². The van der Waals surface area contributed by atoms with Crippen molar-refractivity contribution in [1.29, 1.82) is 0 Å². The Labute approximate surface area is 62.6 Å². The van der Waals surface area contributed by atoms with Gasteiger partial charge in [-0.1, -0.05) is 0 Å². The standard InChI is InChI=1S/Cu.Fe.O4Si/c;;1-5(2,3)4/q2*+2;-4. The van der Waals surface area contributed by atoms with Crippen LogP contribution in [0.1, 0.15) is 0 Å². The summed E-state index contributed by atoms with van der Waals surface area (Å²) in [5, 5.41) is 0. The third-order valence-electron chi connectivity index (χ3n) is 0. The number of hydrogen-bond donors (Lipinski definition) is 0. The third kappa shape index (κ3) is 153. The van der Waals surface area contributed by atoms with Crippen molar-refractivity contribution in [2.24, 2.45) is 0 Å². The maximum Gasteiger partial charge on any atom is 2.00 e. The quantitative estimate of drug-likeness (QED) is 0.375.